The summed E-state index contributed by atoms with van der Waals surface area (Å²) in [5.41, 5.74) is 2.05. The maximum Gasteiger partial charge on any atom is 0.338 e. The lowest BCUT2D eigenvalue weighted by Crippen LogP contribution is -2.11. The van der Waals surface area contributed by atoms with Crippen LogP contribution < -0.4 is 0 Å². The molecule has 3 rings (SSSR count). The molecule has 0 bridgehead atoms. The Morgan fingerprint density at radius 3 is 2.48 bits per heavy atom. The molecule has 0 fully saturated rings. The molecule has 2 radical (unpaired) electrons. The van der Waals surface area contributed by atoms with Gasteiger partial charge in [-0.1, -0.05) is 23.2 Å². The third-order valence-electron chi connectivity index (χ3n) is 3.01. The molecule has 0 atom stereocenters. The molecule has 2 aromatic carbocycles. The number of ether oxygens (including phenoxy) is 1. The smallest absolute Gasteiger partial charge is 0.338 e. The number of hydrogen-bond acceptors (Lipinski definition) is 4. The molecule has 0 unspecified atom stereocenters. The minimum Gasteiger partial charge on any atom is -0.459 e. The molecule has 0 saturated carbocycles. The predicted octanol–water partition coefficient (Wildman–Crippen LogP) is 5.00. The molecule has 0 N–H and O–H groups in total. The molecular weight excluding hydrogens is 337 g/mol. The normalized spacial score (nSPS) is 11.2. The molecule has 1 heterocycles. The molecule has 1 aromatic heterocycles. The minimum absolute atomic E-state index is 0.335. The summed E-state index contributed by atoms with van der Waals surface area (Å²) < 4.78 is 10.6. The molecule has 116 valence electrons. The Morgan fingerprint density at radius 1 is 1.13 bits per heavy atom. The second-order valence-corrected chi connectivity index (χ2v) is 5.76. The SMILES string of the molecule is [CH2]C([CH2])OC(=O)c1ccc2nc(-c3cc(Cl)cc(Cl)c3)oc2c1. The zero-order valence-corrected chi connectivity index (χ0v) is 13.4. The van der Waals surface area contributed by atoms with Crippen LogP contribution in [0.4, 0.5) is 0 Å². The van der Waals surface area contributed by atoms with Crippen molar-refractivity contribution in [2.45, 2.75) is 6.10 Å². The van der Waals surface area contributed by atoms with Crippen LogP contribution in [-0.2, 0) is 4.74 Å². The van der Waals surface area contributed by atoms with E-state index in [2.05, 4.69) is 18.8 Å². The van der Waals surface area contributed by atoms with Gasteiger partial charge < -0.3 is 9.15 Å². The molecule has 0 aliphatic rings. The van der Waals surface area contributed by atoms with Gasteiger partial charge >= 0.3 is 5.97 Å². The van der Waals surface area contributed by atoms with Crippen molar-refractivity contribution in [3.8, 4) is 11.5 Å². The van der Waals surface area contributed by atoms with Crippen LogP contribution in [-0.4, -0.2) is 17.1 Å². The van der Waals surface area contributed by atoms with Crippen LogP contribution in [0.2, 0.25) is 10.0 Å². The van der Waals surface area contributed by atoms with Gasteiger partial charge in [0.05, 0.1) is 5.56 Å². The van der Waals surface area contributed by atoms with Crippen LogP contribution in [0.1, 0.15) is 10.4 Å². The largest absolute Gasteiger partial charge is 0.459 e. The molecule has 23 heavy (non-hydrogen) atoms. The summed E-state index contributed by atoms with van der Waals surface area (Å²) in [6.45, 7) is 7.02. The molecule has 0 saturated heterocycles. The molecule has 0 aliphatic carbocycles. The lowest BCUT2D eigenvalue weighted by molar-refractivity contribution is 0.0456. The van der Waals surface area contributed by atoms with Crippen molar-refractivity contribution in [2.24, 2.45) is 0 Å². The number of hydrogen-bond donors (Lipinski definition) is 0. The van der Waals surface area contributed by atoms with Crippen molar-refractivity contribution < 1.29 is 13.9 Å². The van der Waals surface area contributed by atoms with E-state index in [1.807, 2.05) is 0 Å². The lowest BCUT2D eigenvalue weighted by Gasteiger charge is -2.06. The first-order valence-electron chi connectivity index (χ1n) is 6.66. The number of nitrogens with zero attached hydrogens (tertiary/aromatic N) is 1. The first-order chi connectivity index (χ1) is 10.9. The molecule has 6 heteroatoms. The van der Waals surface area contributed by atoms with E-state index in [4.69, 9.17) is 32.4 Å². The Labute approximate surface area is 143 Å². The van der Waals surface area contributed by atoms with Crippen molar-refractivity contribution in [3.63, 3.8) is 0 Å². The van der Waals surface area contributed by atoms with Gasteiger partial charge in [-0.3, -0.25) is 0 Å². The number of oxazole rings is 1. The molecule has 0 aliphatic heterocycles. The van der Waals surface area contributed by atoms with Gasteiger partial charge in [0.25, 0.3) is 0 Å². The van der Waals surface area contributed by atoms with Gasteiger partial charge in [0, 0.05) is 15.6 Å². The number of fused-ring (bicyclic) bond motifs is 1. The average Bonchev–Trinajstić information content (AvgIpc) is 2.88. The van der Waals surface area contributed by atoms with Crippen molar-refractivity contribution >= 4 is 40.3 Å². The van der Waals surface area contributed by atoms with E-state index in [1.165, 1.54) is 0 Å². The summed E-state index contributed by atoms with van der Waals surface area (Å²) in [4.78, 5) is 16.2. The number of halogens is 2. The van der Waals surface area contributed by atoms with E-state index in [9.17, 15) is 4.79 Å². The Kier molecular flexibility index (Phi) is 4.28. The molecular formula is C17H11Cl2NO3. The number of carbonyl (C=O) groups is 1. The van der Waals surface area contributed by atoms with Crippen molar-refractivity contribution in [3.05, 3.63) is 65.9 Å². The quantitative estimate of drug-likeness (QED) is 0.626. The Bertz CT molecular complexity index is 866. The van der Waals surface area contributed by atoms with Crippen molar-refractivity contribution in [1.29, 1.82) is 0 Å². The van der Waals surface area contributed by atoms with Crippen molar-refractivity contribution in [2.75, 3.05) is 0 Å². The fraction of sp³-hybridized carbons (Fsp3) is 0.0588. The maximum atomic E-state index is 11.9. The second kappa shape index (κ2) is 6.22. The van der Waals surface area contributed by atoms with E-state index in [0.717, 1.165) is 0 Å². The zero-order valence-electron chi connectivity index (χ0n) is 11.9. The van der Waals surface area contributed by atoms with E-state index in [1.54, 1.807) is 36.4 Å². The van der Waals surface area contributed by atoms with E-state index in [-0.39, 0.29) is 0 Å². The highest BCUT2D eigenvalue weighted by Crippen LogP contribution is 2.29. The number of carbonyl (C=O) groups excluding carboxylic acids is 1. The molecule has 4 nitrogen and oxygen atoms in total. The Morgan fingerprint density at radius 2 is 1.83 bits per heavy atom. The number of benzene rings is 2. The molecule has 0 spiro atoms. The van der Waals surface area contributed by atoms with Gasteiger partial charge in [-0.15, -0.1) is 0 Å². The second-order valence-electron chi connectivity index (χ2n) is 4.89. The van der Waals surface area contributed by atoms with Crippen LogP contribution in [0.3, 0.4) is 0 Å². The topological polar surface area (TPSA) is 52.3 Å². The average molecular weight is 348 g/mol. The highest BCUT2D eigenvalue weighted by Gasteiger charge is 2.14. The maximum absolute atomic E-state index is 11.9. The molecule has 0 amide bonds. The molecule has 3 aromatic rings. The summed E-state index contributed by atoms with van der Waals surface area (Å²) >= 11 is 12.0. The third kappa shape index (κ3) is 3.49. The van der Waals surface area contributed by atoms with Gasteiger partial charge in [0.15, 0.2) is 5.58 Å². The van der Waals surface area contributed by atoms with Crippen LogP contribution in [0, 0.1) is 13.8 Å². The highest BCUT2D eigenvalue weighted by molar-refractivity contribution is 6.35. The standard InChI is InChI=1S/C17H11Cl2NO3/c1-9(2)22-17(21)10-3-4-14-15(7-10)23-16(20-14)11-5-12(18)8-13(19)6-11/h3-9H,1-2H2. The van der Waals surface area contributed by atoms with E-state index in [0.29, 0.717) is 38.2 Å². The lowest BCUT2D eigenvalue weighted by atomic mass is 10.2. The minimum atomic E-state index is -0.683. The summed E-state index contributed by atoms with van der Waals surface area (Å²) in [6.07, 6.45) is -0.683. The number of rotatable bonds is 3. The van der Waals surface area contributed by atoms with E-state index < -0.39 is 12.1 Å². The number of aromatic nitrogens is 1. The fourth-order valence-corrected chi connectivity index (χ4v) is 2.60. The number of esters is 1. The van der Waals surface area contributed by atoms with Crippen LogP contribution in [0.25, 0.3) is 22.6 Å². The first-order valence-corrected chi connectivity index (χ1v) is 7.42. The van der Waals surface area contributed by atoms with Crippen LogP contribution >= 0.6 is 23.2 Å². The zero-order chi connectivity index (χ0) is 16.6. The third-order valence-corrected chi connectivity index (χ3v) is 3.44. The van der Waals surface area contributed by atoms with Gasteiger partial charge in [-0.2, -0.15) is 0 Å². The summed E-state index contributed by atoms with van der Waals surface area (Å²) in [5, 5.41) is 0.965. The van der Waals surface area contributed by atoms with Gasteiger partial charge in [-0.05, 0) is 50.2 Å². The Balaban J connectivity index is 2.00. The van der Waals surface area contributed by atoms with Crippen LogP contribution in [0.5, 0.6) is 0 Å². The summed E-state index contributed by atoms with van der Waals surface area (Å²) in [6, 6.07) is 9.85. The van der Waals surface area contributed by atoms with Gasteiger partial charge in [0.2, 0.25) is 5.89 Å². The summed E-state index contributed by atoms with van der Waals surface area (Å²) in [5.74, 6) is -0.159. The van der Waals surface area contributed by atoms with Crippen molar-refractivity contribution in [1.82, 2.24) is 4.98 Å². The van der Waals surface area contributed by atoms with Gasteiger partial charge in [0.1, 0.15) is 11.6 Å². The fourth-order valence-electron chi connectivity index (χ4n) is 2.07. The van der Waals surface area contributed by atoms with Crippen LogP contribution in [0.15, 0.2) is 40.8 Å². The van der Waals surface area contributed by atoms with Gasteiger partial charge in [-0.25, -0.2) is 9.78 Å². The first kappa shape index (κ1) is 15.8. The highest BCUT2D eigenvalue weighted by atomic mass is 35.5. The Hall–Kier alpha value is -2.04. The summed E-state index contributed by atoms with van der Waals surface area (Å²) in [7, 11) is 0. The van der Waals surface area contributed by atoms with E-state index >= 15 is 0 Å². The predicted molar refractivity (Wildman–Crippen MR) is 89.4 cm³/mol. The monoisotopic (exact) mass is 347 g/mol.